The molecule has 3 aliphatic rings. The highest BCUT2D eigenvalue weighted by Crippen LogP contribution is 2.34. The molecule has 0 radical (unpaired) electrons. The molecule has 0 bridgehead atoms. The maximum Gasteiger partial charge on any atom is 0.123 e. The van der Waals surface area contributed by atoms with Crippen LogP contribution in [0.5, 0.6) is 0 Å². The first-order chi connectivity index (χ1) is 12.2. The van der Waals surface area contributed by atoms with Gasteiger partial charge in [0.05, 0.1) is 24.6 Å². The lowest BCUT2D eigenvalue weighted by Gasteiger charge is -2.32. The molecule has 1 fully saturated rings. The smallest absolute Gasteiger partial charge is 0.123 e. The summed E-state index contributed by atoms with van der Waals surface area (Å²) in [5.74, 6) is 0. The number of fused-ring (bicyclic) bond motifs is 1. The number of thioether (sulfide) groups is 1. The van der Waals surface area contributed by atoms with Gasteiger partial charge in [-0.05, 0) is 36.1 Å². The van der Waals surface area contributed by atoms with E-state index >= 15 is 0 Å². The lowest BCUT2D eigenvalue weighted by atomic mass is 10.1. The van der Waals surface area contributed by atoms with Gasteiger partial charge in [0, 0.05) is 35.8 Å². The van der Waals surface area contributed by atoms with Crippen molar-refractivity contribution in [3.05, 3.63) is 63.8 Å². The summed E-state index contributed by atoms with van der Waals surface area (Å²) in [6.07, 6.45) is 8.97. The van der Waals surface area contributed by atoms with Crippen LogP contribution in [0.2, 0.25) is 5.02 Å². The summed E-state index contributed by atoms with van der Waals surface area (Å²) < 4.78 is 5.50. The van der Waals surface area contributed by atoms with E-state index in [2.05, 4.69) is 51.9 Å². The molecule has 3 heterocycles. The fraction of sp³-hybridized carbons (Fsp3) is 0.368. The zero-order valence-corrected chi connectivity index (χ0v) is 15.8. The minimum absolute atomic E-state index is 0.178. The van der Waals surface area contributed by atoms with Crippen molar-refractivity contribution in [2.45, 2.75) is 6.17 Å². The van der Waals surface area contributed by atoms with E-state index in [-0.39, 0.29) is 6.17 Å². The zero-order chi connectivity index (χ0) is 17.2. The van der Waals surface area contributed by atoms with Gasteiger partial charge < -0.3 is 15.0 Å². The van der Waals surface area contributed by atoms with Gasteiger partial charge in [0.25, 0.3) is 0 Å². The molecule has 1 atom stereocenters. The molecule has 0 aliphatic carbocycles. The summed E-state index contributed by atoms with van der Waals surface area (Å²) in [5.41, 5.74) is 3.68. The number of nitrogens with zero attached hydrogens (tertiary/aromatic N) is 2. The Morgan fingerprint density at radius 3 is 2.72 bits per heavy atom. The van der Waals surface area contributed by atoms with E-state index in [4.69, 9.17) is 16.3 Å². The Labute approximate surface area is 158 Å². The number of morpholine rings is 1. The van der Waals surface area contributed by atoms with E-state index in [1.807, 2.05) is 12.1 Å². The van der Waals surface area contributed by atoms with Crippen LogP contribution < -0.4 is 5.32 Å². The van der Waals surface area contributed by atoms with E-state index in [0.717, 1.165) is 37.9 Å². The summed E-state index contributed by atoms with van der Waals surface area (Å²) in [6, 6.07) is 8.08. The number of hydrogen-bond donors (Lipinski definition) is 1. The van der Waals surface area contributed by atoms with Gasteiger partial charge in [0.15, 0.2) is 0 Å². The summed E-state index contributed by atoms with van der Waals surface area (Å²) in [4.78, 5) is 6.10. The van der Waals surface area contributed by atoms with Crippen LogP contribution in [-0.4, -0.2) is 55.1 Å². The zero-order valence-electron chi connectivity index (χ0n) is 14.2. The van der Waals surface area contributed by atoms with Crippen LogP contribution >= 0.6 is 23.4 Å². The van der Waals surface area contributed by atoms with Crippen molar-refractivity contribution < 1.29 is 4.74 Å². The summed E-state index contributed by atoms with van der Waals surface area (Å²) in [5, 5.41) is 4.44. The molecule has 3 aliphatic heterocycles. The third kappa shape index (κ3) is 3.60. The number of nitrogens with one attached hydrogen (secondary N) is 1. The van der Waals surface area contributed by atoms with Crippen LogP contribution in [0.3, 0.4) is 0 Å². The molecule has 1 aromatic carbocycles. The third-order valence-electron chi connectivity index (χ3n) is 4.75. The monoisotopic (exact) mass is 375 g/mol. The molecule has 1 aromatic rings. The quantitative estimate of drug-likeness (QED) is 0.871. The second-order valence-corrected chi connectivity index (χ2v) is 7.62. The van der Waals surface area contributed by atoms with Crippen LogP contribution in [0.15, 0.2) is 53.2 Å². The van der Waals surface area contributed by atoms with Crippen molar-refractivity contribution in [2.24, 2.45) is 0 Å². The molecule has 132 valence electrons. The molecule has 6 heteroatoms. The molecule has 1 unspecified atom stereocenters. The standard InChI is InChI=1S/C19H22ClN3OS/c1-25-16-6-7-18-21-19(14-2-4-15(20)5-3-14)17(23(18)12-16)13-22-8-10-24-11-9-22/h2-7,12,18,21H,8-11,13H2,1H3. The fourth-order valence-corrected chi connectivity index (χ4v) is 3.94. The molecule has 0 saturated carbocycles. The van der Waals surface area contributed by atoms with Crippen molar-refractivity contribution in [1.29, 1.82) is 0 Å². The third-order valence-corrected chi connectivity index (χ3v) is 5.71. The highest BCUT2D eigenvalue weighted by atomic mass is 35.5. The SMILES string of the molecule is CSC1=CN2C(CN3CCOCC3)=C(c3ccc(Cl)cc3)NC2C=C1. The second kappa shape index (κ2) is 7.46. The average molecular weight is 376 g/mol. The van der Waals surface area contributed by atoms with E-state index in [1.165, 1.54) is 21.9 Å². The summed E-state index contributed by atoms with van der Waals surface area (Å²) in [6.45, 7) is 4.49. The van der Waals surface area contributed by atoms with Crippen LogP contribution in [0, 0.1) is 0 Å². The van der Waals surface area contributed by atoms with Crippen LogP contribution in [0.1, 0.15) is 5.56 Å². The maximum absolute atomic E-state index is 6.08. The molecule has 0 amide bonds. The Morgan fingerprint density at radius 1 is 1.24 bits per heavy atom. The van der Waals surface area contributed by atoms with Gasteiger partial charge in [0.1, 0.15) is 6.17 Å². The Morgan fingerprint density at radius 2 is 2.00 bits per heavy atom. The highest BCUT2D eigenvalue weighted by molar-refractivity contribution is 8.02. The Balaban J connectivity index is 1.69. The molecule has 1 N–H and O–H groups in total. The van der Waals surface area contributed by atoms with Crippen molar-refractivity contribution in [2.75, 3.05) is 39.1 Å². The van der Waals surface area contributed by atoms with Crippen molar-refractivity contribution in [3.63, 3.8) is 0 Å². The molecule has 1 saturated heterocycles. The van der Waals surface area contributed by atoms with Crippen LogP contribution in [0.4, 0.5) is 0 Å². The Bertz CT molecular complexity index is 723. The minimum Gasteiger partial charge on any atom is -0.379 e. The van der Waals surface area contributed by atoms with Crippen molar-refractivity contribution in [3.8, 4) is 0 Å². The predicted molar refractivity (Wildman–Crippen MR) is 105 cm³/mol. The largest absolute Gasteiger partial charge is 0.379 e. The number of allylic oxidation sites excluding steroid dienone is 1. The molecule has 0 aromatic heterocycles. The number of rotatable bonds is 4. The number of benzene rings is 1. The first-order valence-corrected chi connectivity index (χ1v) is 10.1. The van der Waals surface area contributed by atoms with Gasteiger partial charge in [-0.25, -0.2) is 0 Å². The molecular formula is C19H22ClN3OS. The van der Waals surface area contributed by atoms with Crippen molar-refractivity contribution >= 4 is 29.1 Å². The van der Waals surface area contributed by atoms with Gasteiger partial charge in [-0.1, -0.05) is 23.7 Å². The van der Waals surface area contributed by atoms with Crippen LogP contribution in [0.25, 0.3) is 5.70 Å². The number of halogens is 1. The van der Waals surface area contributed by atoms with Crippen molar-refractivity contribution in [1.82, 2.24) is 15.1 Å². The van der Waals surface area contributed by atoms with E-state index in [9.17, 15) is 0 Å². The lowest BCUT2D eigenvalue weighted by Crippen LogP contribution is -2.40. The summed E-state index contributed by atoms with van der Waals surface area (Å²) in [7, 11) is 0. The van der Waals surface area contributed by atoms with Gasteiger partial charge in [-0.3, -0.25) is 4.90 Å². The Kier molecular flexibility index (Phi) is 5.08. The molecular weight excluding hydrogens is 354 g/mol. The van der Waals surface area contributed by atoms with Gasteiger partial charge in [-0.15, -0.1) is 11.8 Å². The van der Waals surface area contributed by atoms with Gasteiger partial charge in [-0.2, -0.15) is 0 Å². The first-order valence-electron chi connectivity index (χ1n) is 8.53. The fourth-order valence-electron chi connectivity index (χ4n) is 3.38. The topological polar surface area (TPSA) is 27.7 Å². The van der Waals surface area contributed by atoms with E-state index < -0.39 is 0 Å². The average Bonchev–Trinajstić information content (AvgIpc) is 3.01. The minimum atomic E-state index is 0.178. The highest BCUT2D eigenvalue weighted by Gasteiger charge is 2.32. The van der Waals surface area contributed by atoms with Gasteiger partial charge in [0.2, 0.25) is 0 Å². The number of ether oxygens (including phenoxy) is 1. The van der Waals surface area contributed by atoms with Crippen LogP contribution in [-0.2, 0) is 4.74 Å². The first kappa shape index (κ1) is 17.0. The molecule has 25 heavy (non-hydrogen) atoms. The molecule has 4 rings (SSSR count). The van der Waals surface area contributed by atoms with E-state index in [1.54, 1.807) is 11.8 Å². The Hall–Kier alpha value is -1.40. The summed E-state index contributed by atoms with van der Waals surface area (Å²) >= 11 is 7.85. The maximum atomic E-state index is 6.08. The second-order valence-electron chi connectivity index (χ2n) is 6.31. The lowest BCUT2D eigenvalue weighted by molar-refractivity contribution is 0.0401. The number of hydrogen-bond acceptors (Lipinski definition) is 5. The predicted octanol–water partition coefficient (Wildman–Crippen LogP) is 3.35. The normalized spacial score (nSPS) is 23.5. The van der Waals surface area contributed by atoms with Gasteiger partial charge >= 0.3 is 0 Å². The molecule has 4 nitrogen and oxygen atoms in total. The molecule has 0 spiro atoms. The van der Waals surface area contributed by atoms with E-state index in [0.29, 0.717) is 0 Å².